The Balaban J connectivity index is 1.64. The summed E-state index contributed by atoms with van der Waals surface area (Å²) in [6.45, 7) is 2.62. The number of anilines is 1. The molecule has 1 aromatic heterocycles. The van der Waals surface area contributed by atoms with E-state index in [0.717, 1.165) is 40.6 Å². The molecule has 0 aliphatic heterocycles. The third-order valence-corrected chi connectivity index (χ3v) is 4.23. The van der Waals surface area contributed by atoms with E-state index in [4.69, 9.17) is 4.74 Å². The minimum Gasteiger partial charge on any atom is -0.494 e. The largest absolute Gasteiger partial charge is 0.494 e. The van der Waals surface area contributed by atoms with Gasteiger partial charge < -0.3 is 10.1 Å². The summed E-state index contributed by atoms with van der Waals surface area (Å²) in [6.07, 6.45) is 1.96. The summed E-state index contributed by atoms with van der Waals surface area (Å²) in [7, 11) is 0. The Kier molecular flexibility index (Phi) is 3.69. The van der Waals surface area contributed by atoms with E-state index in [2.05, 4.69) is 21.6 Å². The molecule has 0 radical (unpaired) electrons. The van der Waals surface area contributed by atoms with Crippen LogP contribution in [-0.4, -0.2) is 22.7 Å². The van der Waals surface area contributed by atoms with Crippen molar-refractivity contribution in [3.63, 3.8) is 0 Å². The number of aromatic nitrogens is 2. The molecule has 2 aromatic carbocycles. The topological polar surface area (TPSA) is 67.0 Å². The maximum Gasteiger partial charge on any atom is 0.228 e. The predicted octanol–water partition coefficient (Wildman–Crippen LogP) is 3.98. The number of nitrogens with one attached hydrogen (secondary N) is 2. The number of fused-ring (bicyclic) bond motifs is 1. The third kappa shape index (κ3) is 2.85. The number of hydrogen-bond acceptors (Lipinski definition) is 3. The van der Waals surface area contributed by atoms with Gasteiger partial charge in [0.1, 0.15) is 5.75 Å². The first-order valence-corrected chi connectivity index (χ1v) is 8.27. The number of carbonyl (C=O) groups excluding carboxylic acids is 1. The molecule has 1 aliphatic carbocycles. The van der Waals surface area contributed by atoms with E-state index in [9.17, 15) is 4.79 Å². The first-order chi connectivity index (χ1) is 11.7. The van der Waals surface area contributed by atoms with E-state index in [1.165, 1.54) is 0 Å². The normalized spacial score (nSPS) is 13.9. The monoisotopic (exact) mass is 321 g/mol. The zero-order valence-corrected chi connectivity index (χ0v) is 13.5. The maximum absolute atomic E-state index is 11.9. The molecule has 1 heterocycles. The second-order valence-electron chi connectivity index (χ2n) is 6.06. The lowest BCUT2D eigenvalue weighted by Crippen LogP contribution is -2.13. The van der Waals surface area contributed by atoms with Crippen LogP contribution in [0.1, 0.15) is 19.8 Å². The van der Waals surface area contributed by atoms with Gasteiger partial charge in [0.05, 0.1) is 12.1 Å². The maximum atomic E-state index is 11.9. The summed E-state index contributed by atoms with van der Waals surface area (Å²) in [5, 5.41) is 11.1. The number of hydrogen-bond donors (Lipinski definition) is 2. The highest BCUT2D eigenvalue weighted by molar-refractivity contribution is 6.02. The van der Waals surface area contributed by atoms with Gasteiger partial charge in [-0.1, -0.05) is 18.2 Å². The van der Waals surface area contributed by atoms with E-state index in [1.54, 1.807) is 0 Å². The summed E-state index contributed by atoms with van der Waals surface area (Å²) in [5.41, 5.74) is 3.06. The third-order valence-electron chi connectivity index (χ3n) is 4.23. The number of aromatic amines is 1. The molecule has 122 valence electrons. The highest BCUT2D eigenvalue weighted by Crippen LogP contribution is 2.32. The Labute approximate surface area is 140 Å². The van der Waals surface area contributed by atoms with Crippen molar-refractivity contribution < 1.29 is 9.53 Å². The van der Waals surface area contributed by atoms with Crippen LogP contribution in [-0.2, 0) is 4.79 Å². The number of carbonyl (C=O) groups is 1. The Morgan fingerprint density at radius 2 is 2.08 bits per heavy atom. The van der Waals surface area contributed by atoms with Crippen LogP contribution in [0.4, 0.5) is 5.82 Å². The summed E-state index contributed by atoms with van der Waals surface area (Å²) in [5.74, 6) is 1.70. The van der Waals surface area contributed by atoms with Crippen molar-refractivity contribution in [2.75, 3.05) is 11.9 Å². The number of ether oxygens (including phenoxy) is 1. The summed E-state index contributed by atoms with van der Waals surface area (Å²) < 4.78 is 5.56. The molecule has 2 N–H and O–H groups in total. The number of rotatable bonds is 5. The van der Waals surface area contributed by atoms with Gasteiger partial charge in [0, 0.05) is 11.3 Å². The van der Waals surface area contributed by atoms with Gasteiger partial charge in [0.15, 0.2) is 5.82 Å². The lowest BCUT2D eigenvalue weighted by molar-refractivity contribution is -0.117. The Morgan fingerprint density at radius 1 is 1.25 bits per heavy atom. The van der Waals surface area contributed by atoms with Crippen LogP contribution in [0.15, 0.2) is 42.5 Å². The van der Waals surface area contributed by atoms with Crippen LogP contribution in [0, 0.1) is 5.92 Å². The molecule has 1 fully saturated rings. The zero-order valence-electron chi connectivity index (χ0n) is 13.5. The van der Waals surface area contributed by atoms with Crippen LogP contribution in [0.3, 0.4) is 0 Å². The molecule has 0 spiro atoms. The molecular weight excluding hydrogens is 302 g/mol. The van der Waals surface area contributed by atoms with Crippen molar-refractivity contribution in [3.8, 4) is 16.9 Å². The molecule has 5 nitrogen and oxygen atoms in total. The van der Waals surface area contributed by atoms with Crippen LogP contribution in [0.25, 0.3) is 22.0 Å². The summed E-state index contributed by atoms with van der Waals surface area (Å²) in [6, 6.07) is 14.1. The van der Waals surface area contributed by atoms with Gasteiger partial charge >= 0.3 is 0 Å². The fourth-order valence-electron chi connectivity index (χ4n) is 2.79. The zero-order chi connectivity index (χ0) is 16.5. The molecule has 5 heteroatoms. The number of benzene rings is 2. The average Bonchev–Trinajstić information content (AvgIpc) is 3.38. The number of H-pyrrole nitrogens is 1. The van der Waals surface area contributed by atoms with Gasteiger partial charge in [-0.3, -0.25) is 9.89 Å². The first kappa shape index (κ1) is 14.8. The van der Waals surface area contributed by atoms with Crippen molar-refractivity contribution >= 4 is 22.6 Å². The van der Waals surface area contributed by atoms with Gasteiger partial charge in [0.2, 0.25) is 5.91 Å². The van der Waals surface area contributed by atoms with E-state index in [-0.39, 0.29) is 11.8 Å². The van der Waals surface area contributed by atoms with Crippen LogP contribution in [0.2, 0.25) is 0 Å². The highest BCUT2D eigenvalue weighted by atomic mass is 16.5. The fraction of sp³-hybridized carbons (Fsp3) is 0.263. The summed E-state index contributed by atoms with van der Waals surface area (Å²) in [4.78, 5) is 11.9. The molecule has 0 bridgehead atoms. The second-order valence-corrected chi connectivity index (χ2v) is 6.06. The van der Waals surface area contributed by atoms with E-state index < -0.39 is 0 Å². The Morgan fingerprint density at radius 3 is 2.88 bits per heavy atom. The minimum absolute atomic E-state index is 0.0666. The second kappa shape index (κ2) is 6.00. The van der Waals surface area contributed by atoms with E-state index >= 15 is 0 Å². The lowest BCUT2D eigenvalue weighted by atomic mass is 10.0. The molecule has 3 aromatic rings. The van der Waals surface area contributed by atoms with Gasteiger partial charge in [0.25, 0.3) is 0 Å². The molecule has 1 aliphatic rings. The fourth-order valence-corrected chi connectivity index (χ4v) is 2.79. The quantitative estimate of drug-likeness (QED) is 0.747. The van der Waals surface area contributed by atoms with Crippen molar-refractivity contribution in [2.45, 2.75) is 19.8 Å². The van der Waals surface area contributed by atoms with Crippen molar-refractivity contribution in [3.05, 3.63) is 42.5 Å². The first-order valence-electron chi connectivity index (χ1n) is 8.27. The van der Waals surface area contributed by atoms with Gasteiger partial charge in [-0.05, 0) is 55.2 Å². The highest BCUT2D eigenvalue weighted by Gasteiger charge is 2.30. The average molecular weight is 321 g/mol. The SMILES string of the molecule is CCOc1cccc(-c2ccc3c(NC(=O)C4CC4)n[nH]c3c2)c1. The van der Waals surface area contributed by atoms with Gasteiger partial charge in [-0.25, -0.2) is 0 Å². The van der Waals surface area contributed by atoms with Crippen LogP contribution >= 0.6 is 0 Å². The molecule has 1 saturated carbocycles. The summed E-state index contributed by atoms with van der Waals surface area (Å²) >= 11 is 0. The number of nitrogens with zero attached hydrogens (tertiary/aromatic N) is 1. The van der Waals surface area contributed by atoms with E-state index in [1.807, 2.05) is 43.3 Å². The predicted molar refractivity (Wildman–Crippen MR) is 94.1 cm³/mol. The van der Waals surface area contributed by atoms with Crippen molar-refractivity contribution in [2.24, 2.45) is 5.92 Å². The van der Waals surface area contributed by atoms with Crippen LogP contribution in [0.5, 0.6) is 5.75 Å². The molecule has 1 amide bonds. The van der Waals surface area contributed by atoms with Crippen molar-refractivity contribution in [1.29, 1.82) is 0 Å². The smallest absolute Gasteiger partial charge is 0.228 e. The van der Waals surface area contributed by atoms with Gasteiger partial charge in [-0.15, -0.1) is 0 Å². The minimum atomic E-state index is 0.0666. The molecular formula is C19H19N3O2. The standard InChI is InChI=1S/C19H19N3O2/c1-2-24-15-5-3-4-13(10-15)14-8-9-16-17(11-14)21-22-18(16)20-19(23)12-6-7-12/h3-5,8-12H,2,6-7H2,1H3,(H2,20,21,22,23). The van der Waals surface area contributed by atoms with E-state index in [0.29, 0.717) is 12.4 Å². The van der Waals surface area contributed by atoms with Crippen LogP contribution < -0.4 is 10.1 Å². The Bertz CT molecular complexity index is 897. The molecule has 4 rings (SSSR count). The van der Waals surface area contributed by atoms with Gasteiger partial charge in [-0.2, -0.15) is 5.10 Å². The molecule has 0 saturated heterocycles. The Hall–Kier alpha value is -2.82. The number of amides is 1. The van der Waals surface area contributed by atoms with Crippen molar-refractivity contribution in [1.82, 2.24) is 10.2 Å². The lowest BCUT2D eigenvalue weighted by Gasteiger charge is -2.06. The molecule has 0 unspecified atom stereocenters. The molecule has 24 heavy (non-hydrogen) atoms. The molecule has 0 atom stereocenters.